The van der Waals surface area contributed by atoms with Crippen LogP contribution in [0.5, 0.6) is 5.75 Å². The fraction of sp³-hybridized carbons (Fsp3) is 0.538. The van der Waals surface area contributed by atoms with Crippen molar-refractivity contribution in [2.24, 2.45) is 5.84 Å². The Morgan fingerprint density at radius 2 is 1.83 bits per heavy atom. The van der Waals surface area contributed by atoms with Crippen LogP contribution in [-0.4, -0.2) is 34.0 Å². The molecule has 0 bridgehead atoms. The standard InChI is InChI=1S/C13H22N2O3/c1-16-8-7-12(15-14)11-5-3-4-6-13(11)18-10-9-17-2/h3-6,12,15H,7-10,14H2,1-2H3. The molecular weight excluding hydrogens is 232 g/mol. The highest BCUT2D eigenvalue weighted by Crippen LogP contribution is 2.26. The van der Waals surface area contributed by atoms with Crippen molar-refractivity contribution >= 4 is 0 Å². The predicted octanol–water partition coefficient (Wildman–Crippen LogP) is 1.25. The first kappa shape index (κ1) is 14.9. The van der Waals surface area contributed by atoms with Crippen LogP contribution in [0.3, 0.4) is 0 Å². The second kappa shape index (κ2) is 8.88. The summed E-state index contributed by atoms with van der Waals surface area (Å²) >= 11 is 0. The Labute approximate surface area is 108 Å². The third-order valence-electron chi connectivity index (χ3n) is 2.65. The maximum Gasteiger partial charge on any atom is 0.124 e. The number of ether oxygens (including phenoxy) is 3. The van der Waals surface area contributed by atoms with Crippen molar-refractivity contribution in [1.82, 2.24) is 5.43 Å². The molecule has 1 unspecified atom stereocenters. The third kappa shape index (κ3) is 4.62. The van der Waals surface area contributed by atoms with Crippen LogP contribution in [0.15, 0.2) is 24.3 Å². The van der Waals surface area contributed by atoms with Crippen LogP contribution in [0.25, 0.3) is 0 Å². The van der Waals surface area contributed by atoms with Crippen LogP contribution in [-0.2, 0) is 9.47 Å². The van der Waals surface area contributed by atoms with E-state index in [4.69, 9.17) is 20.1 Å². The van der Waals surface area contributed by atoms with E-state index >= 15 is 0 Å². The Morgan fingerprint density at radius 3 is 2.50 bits per heavy atom. The normalized spacial score (nSPS) is 12.4. The summed E-state index contributed by atoms with van der Waals surface area (Å²) in [6, 6.07) is 7.86. The molecule has 102 valence electrons. The lowest BCUT2D eigenvalue weighted by molar-refractivity contribution is 0.144. The topological polar surface area (TPSA) is 65.7 Å². The number of rotatable bonds is 9. The second-order valence-corrected chi connectivity index (χ2v) is 3.88. The molecule has 1 rings (SSSR count). The third-order valence-corrected chi connectivity index (χ3v) is 2.65. The second-order valence-electron chi connectivity index (χ2n) is 3.88. The highest BCUT2D eigenvalue weighted by atomic mass is 16.5. The molecule has 1 aromatic carbocycles. The highest BCUT2D eigenvalue weighted by molar-refractivity contribution is 5.35. The van der Waals surface area contributed by atoms with Gasteiger partial charge in [0, 0.05) is 26.4 Å². The van der Waals surface area contributed by atoms with Gasteiger partial charge in [-0.05, 0) is 12.5 Å². The molecule has 18 heavy (non-hydrogen) atoms. The summed E-state index contributed by atoms with van der Waals surface area (Å²) < 4.78 is 15.7. The maximum absolute atomic E-state index is 5.68. The van der Waals surface area contributed by atoms with Crippen LogP contribution < -0.4 is 16.0 Å². The van der Waals surface area contributed by atoms with E-state index < -0.39 is 0 Å². The molecule has 0 aliphatic carbocycles. The quantitative estimate of drug-likeness (QED) is 0.394. The summed E-state index contributed by atoms with van der Waals surface area (Å²) in [6.07, 6.45) is 0.789. The first-order valence-electron chi connectivity index (χ1n) is 5.99. The lowest BCUT2D eigenvalue weighted by Gasteiger charge is -2.19. The first-order chi connectivity index (χ1) is 8.83. The fourth-order valence-electron chi connectivity index (χ4n) is 1.70. The molecule has 0 fully saturated rings. The monoisotopic (exact) mass is 254 g/mol. The number of hydrogen-bond acceptors (Lipinski definition) is 5. The van der Waals surface area contributed by atoms with Crippen LogP contribution in [0.2, 0.25) is 0 Å². The van der Waals surface area contributed by atoms with Crippen molar-refractivity contribution in [2.45, 2.75) is 12.5 Å². The van der Waals surface area contributed by atoms with E-state index in [0.29, 0.717) is 19.8 Å². The van der Waals surface area contributed by atoms with Crippen molar-refractivity contribution in [1.29, 1.82) is 0 Å². The van der Waals surface area contributed by atoms with Gasteiger partial charge in [0.1, 0.15) is 12.4 Å². The van der Waals surface area contributed by atoms with E-state index in [1.54, 1.807) is 14.2 Å². The molecule has 0 heterocycles. The SMILES string of the molecule is COCCOc1ccccc1C(CCOC)NN. The molecule has 0 spiro atoms. The molecule has 5 nitrogen and oxygen atoms in total. The summed E-state index contributed by atoms with van der Waals surface area (Å²) in [7, 11) is 3.33. The minimum absolute atomic E-state index is 0.0173. The smallest absolute Gasteiger partial charge is 0.124 e. The largest absolute Gasteiger partial charge is 0.491 e. The van der Waals surface area contributed by atoms with Crippen molar-refractivity contribution in [3.05, 3.63) is 29.8 Å². The number of benzene rings is 1. The number of nitrogens with one attached hydrogen (secondary N) is 1. The molecular formula is C13H22N2O3. The molecule has 0 aromatic heterocycles. The van der Waals surface area contributed by atoms with Gasteiger partial charge in [-0.25, -0.2) is 0 Å². The number of nitrogens with two attached hydrogens (primary N) is 1. The Hall–Kier alpha value is -1.14. The summed E-state index contributed by atoms with van der Waals surface area (Å²) in [6.45, 7) is 1.73. The zero-order valence-electron chi connectivity index (χ0n) is 11.0. The molecule has 0 amide bonds. The molecule has 3 N–H and O–H groups in total. The van der Waals surface area contributed by atoms with Crippen LogP contribution >= 0.6 is 0 Å². The Kier molecular flexibility index (Phi) is 7.36. The van der Waals surface area contributed by atoms with Gasteiger partial charge in [-0.3, -0.25) is 11.3 Å². The van der Waals surface area contributed by atoms with E-state index in [0.717, 1.165) is 17.7 Å². The summed E-state index contributed by atoms with van der Waals surface area (Å²) in [5, 5.41) is 0. The lowest BCUT2D eigenvalue weighted by atomic mass is 10.0. The van der Waals surface area contributed by atoms with E-state index in [9.17, 15) is 0 Å². The van der Waals surface area contributed by atoms with Crippen molar-refractivity contribution in [3.8, 4) is 5.75 Å². The van der Waals surface area contributed by atoms with Gasteiger partial charge in [-0.15, -0.1) is 0 Å². The van der Waals surface area contributed by atoms with Gasteiger partial charge in [-0.1, -0.05) is 18.2 Å². The summed E-state index contributed by atoms with van der Waals surface area (Å²) in [4.78, 5) is 0. The van der Waals surface area contributed by atoms with Gasteiger partial charge in [0.25, 0.3) is 0 Å². The van der Waals surface area contributed by atoms with E-state index in [1.807, 2.05) is 24.3 Å². The number of hydrogen-bond donors (Lipinski definition) is 2. The van der Waals surface area contributed by atoms with Gasteiger partial charge >= 0.3 is 0 Å². The summed E-state index contributed by atoms with van der Waals surface area (Å²) in [5.74, 6) is 6.41. The Bertz CT molecular complexity index is 334. The minimum Gasteiger partial charge on any atom is -0.491 e. The first-order valence-corrected chi connectivity index (χ1v) is 5.99. The zero-order valence-corrected chi connectivity index (χ0v) is 11.0. The molecule has 0 radical (unpaired) electrons. The molecule has 1 atom stereocenters. The Morgan fingerprint density at radius 1 is 1.11 bits per heavy atom. The van der Waals surface area contributed by atoms with E-state index in [1.165, 1.54) is 0 Å². The maximum atomic E-state index is 5.68. The highest BCUT2D eigenvalue weighted by Gasteiger charge is 2.14. The van der Waals surface area contributed by atoms with E-state index in [2.05, 4.69) is 5.43 Å². The molecule has 0 aliphatic rings. The van der Waals surface area contributed by atoms with Crippen LogP contribution in [0, 0.1) is 0 Å². The molecule has 0 saturated carbocycles. The molecule has 0 saturated heterocycles. The van der Waals surface area contributed by atoms with Crippen molar-refractivity contribution in [3.63, 3.8) is 0 Å². The van der Waals surface area contributed by atoms with Crippen molar-refractivity contribution < 1.29 is 14.2 Å². The fourth-order valence-corrected chi connectivity index (χ4v) is 1.70. The van der Waals surface area contributed by atoms with Gasteiger partial charge < -0.3 is 14.2 Å². The Balaban J connectivity index is 2.71. The van der Waals surface area contributed by atoms with Crippen molar-refractivity contribution in [2.75, 3.05) is 34.0 Å². The van der Waals surface area contributed by atoms with E-state index in [-0.39, 0.29) is 6.04 Å². The zero-order chi connectivity index (χ0) is 13.2. The molecule has 5 heteroatoms. The average molecular weight is 254 g/mol. The molecule has 1 aromatic rings. The van der Waals surface area contributed by atoms with Crippen LogP contribution in [0.4, 0.5) is 0 Å². The van der Waals surface area contributed by atoms with Crippen LogP contribution in [0.1, 0.15) is 18.0 Å². The number of hydrazine groups is 1. The lowest BCUT2D eigenvalue weighted by Crippen LogP contribution is -2.29. The number of para-hydroxylation sites is 1. The minimum atomic E-state index is 0.0173. The average Bonchev–Trinajstić information content (AvgIpc) is 2.41. The summed E-state index contributed by atoms with van der Waals surface area (Å²) in [5.41, 5.74) is 3.83. The number of methoxy groups -OCH3 is 2. The predicted molar refractivity (Wildman–Crippen MR) is 70.4 cm³/mol. The van der Waals surface area contributed by atoms with Gasteiger partial charge in [0.2, 0.25) is 0 Å². The van der Waals surface area contributed by atoms with Gasteiger partial charge in [-0.2, -0.15) is 0 Å². The van der Waals surface area contributed by atoms with Gasteiger partial charge in [0.05, 0.1) is 12.6 Å². The molecule has 0 aliphatic heterocycles. The van der Waals surface area contributed by atoms with Gasteiger partial charge in [0.15, 0.2) is 0 Å².